The Hall–Kier alpha value is -1.22. The van der Waals surface area contributed by atoms with Gasteiger partial charge in [-0.3, -0.25) is 0 Å². The molecule has 1 aromatic carbocycles. The highest BCUT2D eigenvalue weighted by atomic mass is 35.5. The van der Waals surface area contributed by atoms with Gasteiger partial charge in [0.25, 0.3) is 0 Å². The highest BCUT2D eigenvalue weighted by Gasteiger charge is 2.15. The zero-order valence-electron chi connectivity index (χ0n) is 11.0. The second kappa shape index (κ2) is 6.80. The molecule has 0 unspecified atom stereocenters. The van der Waals surface area contributed by atoms with E-state index < -0.39 is 5.97 Å². The van der Waals surface area contributed by atoms with Crippen LogP contribution < -0.4 is 5.32 Å². The Morgan fingerprint density at radius 3 is 2.42 bits per heavy atom. The number of benzene rings is 1. The standard InChI is InChI=1S/C15H20ClNO2/c16-11-8-9-13(15(18)19)14(10-11)17-12-6-4-2-1-3-5-7-12/h8-10,12,17H,1-7H2,(H,18,19). The summed E-state index contributed by atoms with van der Waals surface area (Å²) in [7, 11) is 0. The Kier molecular flexibility index (Phi) is 5.08. The first-order valence-corrected chi connectivity index (χ1v) is 7.34. The quantitative estimate of drug-likeness (QED) is 0.854. The predicted molar refractivity (Wildman–Crippen MR) is 78.1 cm³/mol. The molecule has 19 heavy (non-hydrogen) atoms. The third kappa shape index (κ3) is 4.13. The van der Waals surface area contributed by atoms with E-state index in [1.165, 1.54) is 32.1 Å². The van der Waals surface area contributed by atoms with Crippen molar-refractivity contribution in [2.24, 2.45) is 0 Å². The molecule has 0 radical (unpaired) electrons. The molecule has 0 atom stereocenters. The van der Waals surface area contributed by atoms with Crippen molar-refractivity contribution in [3.05, 3.63) is 28.8 Å². The van der Waals surface area contributed by atoms with Crippen molar-refractivity contribution in [2.45, 2.75) is 51.0 Å². The van der Waals surface area contributed by atoms with Gasteiger partial charge in [-0.15, -0.1) is 0 Å². The van der Waals surface area contributed by atoms with Gasteiger partial charge in [0.2, 0.25) is 0 Å². The van der Waals surface area contributed by atoms with Crippen LogP contribution >= 0.6 is 11.6 Å². The molecule has 1 fully saturated rings. The summed E-state index contributed by atoms with van der Waals surface area (Å²) < 4.78 is 0. The maximum Gasteiger partial charge on any atom is 0.337 e. The maximum atomic E-state index is 11.2. The Bertz CT molecular complexity index is 440. The van der Waals surface area contributed by atoms with Crippen molar-refractivity contribution in [3.8, 4) is 0 Å². The van der Waals surface area contributed by atoms with Crippen LogP contribution in [0.1, 0.15) is 55.3 Å². The third-order valence-electron chi connectivity index (χ3n) is 3.68. The molecule has 2 N–H and O–H groups in total. The fourth-order valence-electron chi connectivity index (χ4n) is 2.64. The monoisotopic (exact) mass is 281 g/mol. The van der Waals surface area contributed by atoms with Crippen LogP contribution in [0.5, 0.6) is 0 Å². The molecule has 1 saturated carbocycles. The Morgan fingerprint density at radius 2 is 1.79 bits per heavy atom. The third-order valence-corrected chi connectivity index (χ3v) is 3.91. The van der Waals surface area contributed by atoms with Gasteiger partial charge >= 0.3 is 5.97 Å². The van der Waals surface area contributed by atoms with Crippen LogP contribution in [0.3, 0.4) is 0 Å². The van der Waals surface area contributed by atoms with Gasteiger partial charge in [0, 0.05) is 11.1 Å². The fourth-order valence-corrected chi connectivity index (χ4v) is 2.81. The molecular weight excluding hydrogens is 262 g/mol. The second-order valence-electron chi connectivity index (χ2n) is 5.18. The second-order valence-corrected chi connectivity index (χ2v) is 5.62. The number of aromatic carboxylic acids is 1. The van der Waals surface area contributed by atoms with Crippen molar-refractivity contribution in [1.82, 2.24) is 0 Å². The van der Waals surface area contributed by atoms with E-state index in [2.05, 4.69) is 5.32 Å². The maximum absolute atomic E-state index is 11.2. The highest BCUT2D eigenvalue weighted by molar-refractivity contribution is 6.31. The molecule has 0 aliphatic heterocycles. The van der Waals surface area contributed by atoms with Gasteiger partial charge in [-0.2, -0.15) is 0 Å². The zero-order chi connectivity index (χ0) is 13.7. The molecule has 0 amide bonds. The lowest BCUT2D eigenvalue weighted by Gasteiger charge is -2.23. The molecule has 4 heteroatoms. The molecule has 0 saturated heterocycles. The van der Waals surface area contributed by atoms with E-state index in [1.54, 1.807) is 18.2 Å². The van der Waals surface area contributed by atoms with E-state index in [0.29, 0.717) is 22.3 Å². The molecule has 2 rings (SSSR count). The number of carboxylic acid groups (broad SMARTS) is 1. The van der Waals surface area contributed by atoms with Crippen molar-refractivity contribution in [3.63, 3.8) is 0 Å². The van der Waals surface area contributed by atoms with E-state index >= 15 is 0 Å². The van der Waals surface area contributed by atoms with Crippen LogP contribution in [0.2, 0.25) is 5.02 Å². The smallest absolute Gasteiger partial charge is 0.337 e. The molecule has 3 nitrogen and oxygen atoms in total. The van der Waals surface area contributed by atoms with Crippen LogP contribution in [0.15, 0.2) is 18.2 Å². The van der Waals surface area contributed by atoms with Gasteiger partial charge in [-0.05, 0) is 31.0 Å². The molecule has 1 aliphatic rings. The van der Waals surface area contributed by atoms with Crippen molar-refractivity contribution in [2.75, 3.05) is 5.32 Å². The van der Waals surface area contributed by atoms with Crippen molar-refractivity contribution in [1.29, 1.82) is 0 Å². The topological polar surface area (TPSA) is 49.3 Å². The Morgan fingerprint density at radius 1 is 1.16 bits per heavy atom. The summed E-state index contributed by atoms with van der Waals surface area (Å²) in [4.78, 5) is 11.2. The number of nitrogens with one attached hydrogen (secondary N) is 1. The molecule has 0 spiro atoms. The van der Waals surface area contributed by atoms with E-state index in [0.717, 1.165) is 12.8 Å². The minimum atomic E-state index is -0.912. The summed E-state index contributed by atoms with van der Waals surface area (Å²) in [6.45, 7) is 0. The van der Waals surface area contributed by atoms with Gasteiger partial charge in [0.1, 0.15) is 0 Å². The Labute approximate surface area is 119 Å². The number of halogens is 1. The van der Waals surface area contributed by atoms with E-state index in [4.69, 9.17) is 11.6 Å². The van der Waals surface area contributed by atoms with Crippen LogP contribution in [-0.2, 0) is 0 Å². The largest absolute Gasteiger partial charge is 0.478 e. The molecule has 0 bridgehead atoms. The predicted octanol–water partition coefficient (Wildman–Crippen LogP) is 4.56. The molecule has 0 heterocycles. The number of carbonyl (C=O) groups is 1. The minimum absolute atomic E-state index is 0.298. The summed E-state index contributed by atoms with van der Waals surface area (Å²) in [5.41, 5.74) is 0.942. The average molecular weight is 282 g/mol. The Balaban J connectivity index is 2.11. The van der Waals surface area contributed by atoms with Gasteiger partial charge in [0.05, 0.1) is 11.3 Å². The van der Waals surface area contributed by atoms with Crippen LogP contribution in [0.25, 0.3) is 0 Å². The first-order valence-electron chi connectivity index (χ1n) is 6.96. The number of hydrogen-bond acceptors (Lipinski definition) is 2. The van der Waals surface area contributed by atoms with Crippen LogP contribution in [0, 0.1) is 0 Å². The molecule has 1 aromatic rings. The zero-order valence-corrected chi connectivity index (χ0v) is 11.7. The van der Waals surface area contributed by atoms with Gasteiger partial charge in [-0.25, -0.2) is 4.79 Å². The number of hydrogen-bond donors (Lipinski definition) is 2. The summed E-state index contributed by atoms with van der Waals surface area (Å²) in [5.74, 6) is -0.912. The normalized spacial score (nSPS) is 17.5. The minimum Gasteiger partial charge on any atom is -0.478 e. The summed E-state index contributed by atoms with van der Waals surface area (Å²) in [6, 6.07) is 5.26. The molecular formula is C15H20ClNO2. The van der Waals surface area contributed by atoms with E-state index in [1.807, 2.05) is 0 Å². The average Bonchev–Trinajstić information content (AvgIpc) is 2.32. The van der Waals surface area contributed by atoms with Crippen molar-refractivity contribution >= 4 is 23.3 Å². The van der Waals surface area contributed by atoms with Crippen molar-refractivity contribution < 1.29 is 9.90 Å². The fraction of sp³-hybridized carbons (Fsp3) is 0.533. The van der Waals surface area contributed by atoms with Gasteiger partial charge in [0.15, 0.2) is 0 Å². The van der Waals surface area contributed by atoms with Gasteiger partial charge < -0.3 is 10.4 Å². The lowest BCUT2D eigenvalue weighted by atomic mass is 9.96. The summed E-state index contributed by atoms with van der Waals surface area (Å²) in [6.07, 6.45) is 8.50. The van der Waals surface area contributed by atoms with Gasteiger partial charge in [-0.1, -0.05) is 43.7 Å². The molecule has 0 aromatic heterocycles. The van der Waals surface area contributed by atoms with E-state index in [-0.39, 0.29) is 0 Å². The van der Waals surface area contributed by atoms with E-state index in [9.17, 15) is 9.90 Å². The van der Waals surface area contributed by atoms with Crippen LogP contribution in [-0.4, -0.2) is 17.1 Å². The SMILES string of the molecule is O=C(O)c1ccc(Cl)cc1NC1CCCCCCC1. The number of rotatable bonds is 3. The molecule has 104 valence electrons. The van der Waals surface area contributed by atoms with Crippen LogP contribution in [0.4, 0.5) is 5.69 Å². The summed E-state index contributed by atoms with van der Waals surface area (Å²) in [5, 5.41) is 13.1. The highest BCUT2D eigenvalue weighted by Crippen LogP contribution is 2.25. The number of anilines is 1. The first kappa shape index (κ1) is 14.2. The lowest BCUT2D eigenvalue weighted by Crippen LogP contribution is -2.22. The molecule has 1 aliphatic carbocycles. The lowest BCUT2D eigenvalue weighted by molar-refractivity contribution is 0.0698. The first-order chi connectivity index (χ1) is 9.16. The number of carboxylic acids is 1. The summed E-state index contributed by atoms with van der Waals surface area (Å²) >= 11 is 5.96.